The van der Waals surface area contributed by atoms with Gasteiger partial charge < -0.3 is 10.3 Å². The second-order valence-corrected chi connectivity index (χ2v) is 5.60. The molecule has 2 N–H and O–H groups in total. The summed E-state index contributed by atoms with van der Waals surface area (Å²) < 4.78 is 5.27. The summed E-state index contributed by atoms with van der Waals surface area (Å²) in [5.41, 5.74) is 8.65. The van der Waals surface area contributed by atoms with Crippen LogP contribution in [0.5, 0.6) is 0 Å². The highest BCUT2D eigenvalue weighted by atomic mass is 32.2. The Morgan fingerprint density at radius 3 is 2.76 bits per heavy atom. The molecule has 3 aromatic rings. The van der Waals surface area contributed by atoms with Crippen LogP contribution in [0.15, 0.2) is 52.1 Å². The number of thioether (sulfide) groups is 1. The number of hydrogen-bond donors (Lipinski definition) is 1. The van der Waals surface area contributed by atoms with Crippen LogP contribution in [0.2, 0.25) is 0 Å². The first-order valence-electron chi connectivity index (χ1n) is 6.44. The van der Waals surface area contributed by atoms with Crippen LogP contribution in [0, 0.1) is 6.92 Å². The molecule has 21 heavy (non-hydrogen) atoms. The van der Waals surface area contributed by atoms with Crippen molar-refractivity contribution < 1.29 is 4.52 Å². The molecule has 0 amide bonds. The number of hydrogen-bond acceptors (Lipinski definition) is 6. The fraction of sp³-hybridized carbons (Fsp3) is 0.133. The molecule has 0 spiro atoms. The second-order valence-electron chi connectivity index (χ2n) is 4.58. The van der Waals surface area contributed by atoms with Gasteiger partial charge in [0.15, 0.2) is 0 Å². The molecule has 0 bridgehead atoms. The summed E-state index contributed by atoms with van der Waals surface area (Å²) >= 11 is 1.55. The summed E-state index contributed by atoms with van der Waals surface area (Å²) in [6.07, 6.45) is 3.35. The first-order valence-corrected chi connectivity index (χ1v) is 7.43. The van der Waals surface area contributed by atoms with Crippen LogP contribution in [0.1, 0.15) is 11.5 Å². The molecule has 106 valence electrons. The average molecular weight is 298 g/mol. The first kappa shape index (κ1) is 13.6. The average Bonchev–Trinajstić information content (AvgIpc) is 2.96. The fourth-order valence-corrected chi connectivity index (χ4v) is 2.57. The third kappa shape index (κ3) is 3.22. The molecule has 0 saturated heterocycles. The predicted octanol–water partition coefficient (Wildman–Crippen LogP) is 3.31. The van der Waals surface area contributed by atoms with E-state index in [-0.39, 0.29) is 0 Å². The lowest BCUT2D eigenvalue weighted by Gasteiger charge is -2.01. The van der Waals surface area contributed by atoms with Gasteiger partial charge in [0, 0.05) is 16.7 Å². The minimum Gasteiger partial charge on any atom is -0.397 e. The molecule has 0 aliphatic carbocycles. The van der Waals surface area contributed by atoms with Crippen molar-refractivity contribution in [1.82, 2.24) is 15.1 Å². The number of benzene rings is 1. The quantitative estimate of drug-likeness (QED) is 0.744. The molecule has 2 heterocycles. The molecule has 0 saturated carbocycles. The lowest BCUT2D eigenvalue weighted by molar-refractivity contribution is 0.391. The van der Waals surface area contributed by atoms with E-state index in [1.807, 2.05) is 37.3 Å². The molecule has 3 rings (SSSR count). The van der Waals surface area contributed by atoms with Gasteiger partial charge in [0.05, 0.1) is 17.6 Å². The molecule has 6 heteroatoms. The SMILES string of the molecule is Cc1ccc(-c2noc(CSc3ccncc3N)n2)cc1. The van der Waals surface area contributed by atoms with Gasteiger partial charge in [-0.05, 0) is 13.0 Å². The maximum absolute atomic E-state index is 5.85. The smallest absolute Gasteiger partial charge is 0.237 e. The minimum absolute atomic E-state index is 0.576. The summed E-state index contributed by atoms with van der Waals surface area (Å²) in [6, 6.07) is 9.89. The summed E-state index contributed by atoms with van der Waals surface area (Å²) in [5.74, 6) is 1.76. The molecular formula is C15H14N4OS. The molecule has 0 atom stereocenters. The first-order chi connectivity index (χ1) is 10.2. The Morgan fingerprint density at radius 1 is 1.19 bits per heavy atom. The Labute approximate surface area is 126 Å². The monoisotopic (exact) mass is 298 g/mol. The summed E-state index contributed by atoms with van der Waals surface area (Å²) in [4.78, 5) is 9.32. The van der Waals surface area contributed by atoms with E-state index in [4.69, 9.17) is 10.3 Å². The van der Waals surface area contributed by atoms with Crippen LogP contribution >= 0.6 is 11.8 Å². The molecular weight excluding hydrogens is 284 g/mol. The van der Waals surface area contributed by atoms with Crippen LogP contribution in [0.3, 0.4) is 0 Å². The number of pyridine rings is 1. The van der Waals surface area contributed by atoms with E-state index in [0.29, 0.717) is 23.2 Å². The van der Waals surface area contributed by atoms with Gasteiger partial charge in [0.2, 0.25) is 11.7 Å². The van der Waals surface area contributed by atoms with E-state index in [1.165, 1.54) is 5.56 Å². The molecule has 2 aromatic heterocycles. The van der Waals surface area contributed by atoms with Crippen molar-refractivity contribution >= 4 is 17.4 Å². The van der Waals surface area contributed by atoms with Crippen LogP contribution < -0.4 is 5.73 Å². The highest BCUT2D eigenvalue weighted by molar-refractivity contribution is 7.98. The van der Waals surface area contributed by atoms with Crippen molar-refractivity contribution in [3.05, 3.63) is 54.2 Å². The van der Waals surface area contributed by atoms with Gasteiger partial charge >= 0.3 is 0 Å². The van der Waals surface area contributed by atoms with E-state index < -0.39 is 0 Å². The van der Waals surface area contributed by atoms with Gasteiger partial charge in [-0.15, -0.1) is 11.8 Å². The summed E-state index contributed by atoms with van der Waals surface area (Å²) in [5, 5.41) is 4.01. The van der Waals surface area contributed by atoms with E-state index >= 15 is 0 Å². The molecule has 1 aromatic carbocycles. The Bertz CT molecular complexity index is 739. The molecule has 0 unspecified atom stereocenters. The standard InChI is InChI=1S/C15H14N4OS/c1-10-2-4-11(5-3-10)15-18-14(20-19-15)9-21-13-6-7-17-8-12(13)16/h2-8H,9,16H2,1H3. The van der Waals surface area contributed by atoms with Crippen molar-refractivity contribution in [2.75, 3.05) is 5.73 Å². The van der Waals surface area contributed by atoms with Crippen molar-refractivity contribution in [3.8, 4) is 11.4 Å². The predicted molar refractivity (Wildman–Crippen MR) is 82.7 cm³/mol. The number of nitrogen functional groups attached to an aromatic ring is 1. The van der Waals surface area contributed by atoms with Gasteiger partial charge in [-0.2, -0.15) is 4.98 Å². The van der Waals surface area contributed by atoms with Gasteiger partial charge in [-0.25, -0.2) is 0 Å². The van der Waals surface area contributed by atoms with Crippen LogP contribution in [0.25, 0.3) is 11.4 Å². The molecule has 0 aliphatic heterocycles. The van der Waals surface area contributed by atoms with Gasteiger partial charge in [0.1, 0.15) is 0 Å². The zero-order chi connectivity index (χ0) is 14.7. The molecule has 5 nitrogen and oxygen atoms in total. The van der Waals surface area contributed by atoms with Crippen molar-refractivity contribution in [3.63, 3.8) is 0 Å². The van der Waals surface area contributed by atoms with Crippen molar-refractivity contribution in [2.24, 2.45) is 0 Å². The lowest BCUT2D eigenvalue weighted by atomic mass is 10.1. The largest absolute Gasteiger partial charge is 0.397 e. The van der Waals surface area contributed by atoms with E-state index in [9.17, 15) is 0 Å². The fourth-order valence-electron chi connectivity index (χ4n) is 1.80. The van der Waals surface area contributed by atoms with E-state index in [2.05, 4.69) is 15.1 Å². The second kappa shape index (κ2) is 5.97. The normalized spacial score (nSPS) is 10.7. The zero-order valence-electron chi connectivity index (χ0n) is 11.5. The Morgan fingerprint density at radius 2 is 2.00 bits per heavy atom. The summed E-state index contributed by atoms with van der Waals surface area (Å²) in [6.45, 7) is 2.04. The van der Waals surface area contributed by atoms with Crippen LogP contribution in [-0.2, 0) is 5.75 Å². The van der Waals surface area contributed by atoms with Gasteiger partial charge in [-0.1, -0.05) is 35.0 Å². The third-order valence-electron chi connectivity index (χ3n) is 2.94. The van der Waals surface area contributed by atoms with Gasteiger partial charge in [0.25, 0.3) is 0 Å². The minimum atomic E-state index is 0.576. The topological polar surface area (TPSA) is 77.8 Å². The lowest BCUT2D eigenvalue weighted by Crippen LogP contribution is -1.90. The Hall–Kier alpha value is -2.34. The highest BCUT2D eigenvalue weighted by Gasteiger charge is 2.09. The third-order valence-corrected chi connectivity index (χ3v) is 4.01. The maximum atomic E-state index is 5.85. The molecule has 0 radical (unpaired) electrons. The highest BCUT2D eigenvalue weighted by Crippen LogP contribution is 2.27. The number of anilines is 1. The van der Waals surface area contributed by atoms with Crippen molar-refractivity contribution in [1.29, 1.82) is 0 Å². The number of aryl methyl sites for hydroxylation is 1. The van der Waals surface area contributed by atoms with E-state index in [1.54, 1.807) is 24.2 Å². The van der Waals surface area contributed by atoms with Gasteiger partial charge in [-0.3, -0.25) is 4.98 Å². The summed E-state index contributed by atoms with van der Waals surface area (Å²) in [7, 11) is 0. The number of nitrogens with zero attached hydrogens (tertiary/aromatic N) is 3. The Balaban J connectivity index is 1.71. The van der Waals surface area contributed by atoms with E-state index in [0.717, 1.165) is 10.5 Å². The molecule has 0 fully saturated rings. The zero-order valence-corrected chi connectivity index (χ0v) is 12.3. The Kier molecular flexibility index (Phi) is 3.87. The van der Waals surface area contributed by atoms with Crippen molar-refractivity contribution in [2.45, 2.75) is 17.6 Å². The maximum Gasteiger partial charge on any atom is 0.237 e. The molecule has 0 aliphatic rings. The number of aromatic nitrogens is 3. The number of rotatable bonds is 4. The van der Waals surface area contributed by atoms with Crippen LogP contribution in [-0.4, -0.2) is 15.1 Å². The van der Waals surface area contributed by atoms with Crippen LogP contribution in [0.4, 0.5) is 5.69 Å². The number of nitrogens with two attached hydrogens (primary N) is 1.